The second-order valence-electron chi connectivity index (χ2n) is 7.94. The molecule has 154 valence electrons. The zero-order valence-electron chi connectivity index (χ0n) is 17.5. The molecule has 1 aliphatic rings. The van der Waals surface area contributed by atoms with Crippen molar-refractivity contribution in [1.29, 1.82) is 0 Å². The predicted molar refractivity (Wildman–Crippen MR) is 125 cm³/mol. The van der Waals surface area contributed by atoms with Gasteiger partial charge < -0.3 is 15.5 Å². The van der Waals surface area contributed by atoms with Gasteiger partial charge in [-0.15, -0.1) is 0 Å². The molecule has 1 atom stereocenters. The van der Waals surface area contributed by atoms with Gasteiger partial charge in [-0.3, -0.25) is 4.79 Å². The number of carbonyl (C=O) groups is 1. The summed E-state index contributed by atoms with van der Waals surface area (Å²) in [6.45, 7) is 4.28. The first-order valence-corrected chi connectivity index (χ1v) is 10.7. The number of hydrogen-bond donors (Lipinski definition) is 2. The van der Waals surface area contributed by atoms with Crippen molar-refractivity contribution < 1.29 is 4.79 Å². The maximum atomic E-state index is 13.1. The van der Waals surface area contributed by atoms with E-state index in [-0.39, 0.29) is 5.91 Å². The van der Waals surface area contributed by atoms with E-state index in [1.54, 1.807) is 0 Å². The van der Waals surface area contributed by atoms with Gasteiger partial charge in [-0.05, 0) is 68.1 Å². The Morgan fingerprint density at radius 3 is 2.10 bits per heavy atom. The molecule has 1 fully saturated rings. The standard InChI is InChI=1S/C26H29N3O/c1-20-10-12-23(13-11-20)28-26(30)25(21-8-4-2-5-9-21)27-22-14-16-24(17-15-22)29-18-6-3-7-19-29/h2,4-5,8-17,25,27H,3,6-7,18-19H2,1H3,(H,28,30). The molecule has 1 amide bonds. The Labute approximate surface area is 178 Å². The fourth-order valence-electron chi connectivity index (χ4n) is 3.88. The number of nitrogens with one attached hydrogen (secondary N) is 2. The summed E-state index contributed by atoms with van der Waals surface area (Å²) in [5, 5.41) is 6.47. The van der Waals surface area contributed by atoms with E-state index in [9.17, 15) is 4.79 Å². The highest BCUT2D eigenvalue weighted by Crippen LogP contribution is 2.25. The molecule has 0 spiro atoms. The topological polar surface area (TPSA) is 44.4 Å². The van der Waals surface area contributed by atoms with Crippen molar-refractivity contribution in [1.82, 2.24) is 0 Å². The molecule has 0 aromatic heterocycles. The van der Waals surface area contributed by atoms with Crippen LogP contribution in [0, 0.1) is 6.92 Å². The summed E-state index contributed by atoms with van der Waals surface area (Å²) >= 11 is 0. The number of nitrogens with zero attached hydrogens (tertiary/aromatic N) is 1. The molecule has 1 aliphatic heterocycles. The summed E-state index contributed by atoms with van der Waals surface area (Å²) in [7, 11) is 0. The molecule has 0 aliphatic carbocycles. The van der Waals surface area contributed by atoms with E-state index >= 15 is 0 Å². The van der Waals surface area contributed by atoms with Crippen LogP contribution in [0.5, 0.6) is 0 Å². The molecule has 0 radical (unpaired) electrons. The first kappa shape index (κ1) is 20.0. The molecule has 1 saturated heterocycles. The first-order chi connectivity index (χ1) is 14.7. The monoisotopic (exact) mass is 399 g/mol. The molecule has 1 unspecified atom stereocenters. The third-order valence-corrected chi connectivity index (χ3v) is 5.61. The highest BCUT2D eigenvalue weighted by atomic mass is 16.2. The van der Waals surface area contributed by atoms with Crippen molar-refractivity contribution in [2.24, 2.45) is 0 Å². The van der Waals surface area contributed by atoms with Crippen LogP contribution in [0.3, 0.4) is 0 Å². The minimum absolute atomic E-state index is 0.0786. The van der Waals surface area contributed by atoms with Gasteiger partial charge in [-0.1, -0.05) is 48.0 Å². The summed E-state index contributed by atoms with van der Waals surface area (Å²) in [5.74, 6) is -0.0786. The van der Waals surface area contributed by atoms with E-state index < -0.39 is 6.04 Å². The molecule has 0 bridgehead atoms. The van der Waals surface area contributed by atoms with Gasteiger partial charge in [-0.2, -0.15) is 0 Å². The fraction of sp³-hybridized carbons (Fsp3) is 0.269. The third kappa shape index (κ3) is 5.01. The molecule has 4 rings (SSSR count). The minimum atomic E-state index is -0.478. The zero-order valence-corrected chi connectivity index (χ0v) is 17.5. The molecular formula is C26H29N3O. The average molecular weight is 400 g/mol. The largest absolute Gasteiger partial charge is 0.372 e. The van der Waals surface area contributed by atoms with Crippen LogP contribution in [0.4, 0.5) is 17.1 Å². The lowest BCUT2D eigenvalue weighted by Gasteiger charge is -2.29. The van der Waals surface area contributed by atoms with Crippen molar-refractivity contribution in [3.63, 3.8) is 0 Å². The van der Waals surface area contributed by atoms with Gasteiger partial charge in [0.15, 0.2) is 0 Å². The number of amides is 1. The Balaban J connectivity index is 1.51. The summed E-state index contributed by atoms with van der Waals surface area (Å²) in [5.41, 5.74) is 5.08. The Morgan fingerprint density at radius 1 is 0.800 bits per heavy atom. The number of carbonyl (C=O) groups excluding carboxylic acids is 1. The Bertz CT molecular complexity index is 946. The van der Waals surface area contributed by atoms with Crippen LogP contribution < -0.4 is 15.5 Å². The molecule has 4 heteroatoms. The van der Waals surface area contributed by atoms with Gasteiger partial charge in [0, 0.05) is 30.2 Å². The third-order valence-electron chi connectivity index (χ3n) is 5.61. The Morgan fingerprint density at radius 2 is 1.43 bits per heavy atom. The molecule has 3 aromatic carbocycles. The number of piperidine rings is 1. The van der Waals surface area contributed by atoms with Crippen molar-refractivity contribution in [2.75, 3.05) is 28.6 Å². The predicted octanol–water partition coefficient (Wildman–Crippen LogP) is 5.78. The smallest absolute Gasteiger partial charge is 0.251 e. The van der Waals surface area contributed by atoms with Crippen molar-refractivity contribution in [3.05, 3.63) is 90.0 Å². The quantitative estimate of drug-likeness (QED) is 0.552. The van der Waals surface area contributed by atoms with Gasteiger partial charge in [0.25, 0.3) is 5.91 Å². The van der Waals surface area contributed by atoms with Gasteiger partial charge >= 0.3 is 0 Å². The van der Waals surface area contributed by atoms with Gasteiger partial charge in [-0.25, -0.2) is 0 Å². The van der Waals surface area contributed by atoms with E-state index in [1.165, 1.54) is 30.5 Å². The number of rotatable bonds is 6. The Hall–Kier alpha value is -3.27. The molecule has 30 heavy (non-hydrogen) atoms. The van der Waals surface area contributed by atoms with Crippen molar-refractivity contribution in [2.45, 2.75) is 32.2 Å². The van der Waals surface area contributed by atoms with Gasteiger partial charge in [0.1, 0.15) is 6.04 Å². The van der Waals surface area contributed by atoms with E-state index in [2.05, 4.69) is 39.8 Å². The number of aryl methyl sites for hydroxylation is 1. The molecule has 1 heterocycles. The molecule has 2 N–H and O–H groups in total. The lowest BCUT2D eigenvalue weighted by atomic mass is 10.1. The summed E-state index contributed by atoms with van der Waals surface area (Å²) in [6.07, 6.45) is 3.84. The maximum absolute atomic E-state index is 13.1. The first-order valence-electron chi connectivity index (χ1n) is 10.7. The van der Waals surface area contributed by atoms with Crippen LogP contribution in [0.1, 0.15) is 36.4 Å². The van der Waals surface area contributed by atoms with Crippen LogP contribution in [-0.4, -0.2) is 19.0 Å². The van der Waals surface area contributed by atoms with Crippen LogP contribution in [0.25, 0.3) is 0 Å². The summed E-state index contributed by atoms with van der Waals surface area (Å²) in [6, 6.07) is 25.7. The van der Waals surface area contributed by atoms with Crippen LogP contribution in [0.2, 0.25) is 0 Å². The molecule has 4 nitrogen and oxygen atoms in total. The molecular weight excluding hydrogens is 370 g/mol. The maximum Gasteiger partial charge on any atom is 0.251 e. The van der Waals surface area contributed by atoms with Crippen molar-refractivity contribution >= 4 is 23.0 Å². The highest BCUT2D eigenvalue weighted by molar-refractivity contribution is 5.97. The number of hydrogen-bond acceptors (Lipinski definition) is 3. The number of benzene rings is 3. The van der Waals surface area contributed by atoms with Gasteiger partial charge in [0.2, 0.25) is 0 Å². The second kappa shape index (κ2) is 9.49. The Kier molecular flexibility index (Phi) is 6.33. The van der Waals surface area contributed by atoms with Crippen LogP contribution >= 0.6 is 0 Å². The molecule has 3 aromatic rings. The van der Waals surface area contributed by atoms with Crippen LogP contribution in [-0.2, 0) is 4.79 Å². The summed E-state index contributed by atoms with van der Waals surface area (Å²) < 4.78 is 0. The lowest BCUT2D eigenvalue weighted by Crippen LogP contribution is -2.29. The normalized spacial score (nSPS) is 14.8. The highest BCUT2D eigenvalue weighted by Gasteiger charge is 2.21. The van der Waals surface area contributed by atoms with E-state index in [4.69, 9.17) is 0 Å². The van der Waals surface area contributed by atoms with E-state index in [0.717, 1.165) is 30.0 Å². The average Bonchev–Trinajstić information content (AvgIpc) is 2.80. The van der Waals surface area contributed by atoms with E-state index in [1.807, 2.05) is 61.5 Å². The van der Waals surface area contributed by atoms with E-state index in [0.29, 0.717) is 0 Å². The summed E-state index contributed by atoms with van der Waals surface area (Å²) in [4.78, 5) is 15.6. The SMILES string of the molecule is Cc1ccc(NC(=O)C(Nc2ccc(N3CCCCC3)cc2)c2ccccc2)cc1. The van der Waals surface area contributed by atoms with Crippen molar-refractivity contribution in [3.8, 4) is 0 Å². The zero-order chi connectivity index (χ0) is 20.8. The number of anilines is 3. The van der Waals surface area contributed by atoms with Gasteiger partial charge in [0.05, 0.1) is 0 Å². The fourth-order valence-corrected chi connectivity index (χ4v) is 3.88. The lowest BCUT2D eigenvalue weighted by molar-refractivity contribution is -0.117. The van der Waals surface area contributed by atoms with Crippen LogP contribution in [0.15, 0.2) is 78.9 Å². The molecule has 0 saturated carbocycles. The minimum Gasteiger partial charge on any atom is -0.372 e. The second-order valence-corrected chi connectivity index (χ2v) is 7.94.